The number of hydrogen-bond donors (Lipinski definition) is 3. The number of piperidine rings is 1. The number of piperazine rings is 1. The second-order valence-electron chi connectivity index (χ2n) is 11.1. The molecule has 2 aliphatic rings. The number of rotatable bonds is 9. The maximum absolute atomic E-state index is 11.9. The number of nitrogens with one attached hydrogen (secondary N) is 3. The fraction of sp³-hybridized carbons (Fsp3) is 0.448. The first-order chi connectivity index (χ1) is 20.5. The molecule has 0 spiro atoms. The Morgan fingerprint density at radius 1 is 0.953 bits per heavy atom. The number of anilines is 6. The van der Waals surface area contributed by atoms with Crippen LogP contribution in [0.15, 0.2) is 36.5 Å². The molecule has 0 aliphatic carbocycles. The van der Waals surface area contributed by atoms with Crippen molar-refractivity contribution in [2.45, 2.75) is 25.8 Å². The van der Waals surface area contributed by atoms with E-state index in [1.165, 1.54) is 6.20 Å². The highest BCUT2D eigenvalue weighted by molar-refractivity contribution is 7.92. The molecule has 2 aromatic carbocycles. The SMILES string of the molecule is COc1cc(N2CCC(N3CCN(C)CC3)CC2)c(C)cc1Nc1ncc(Cl)c(Nc2cc(Cl)ccc2NS(C)(=O)=O)n1. The molecule has 5 rings (SSSR count). The van der Waals surface area contributed by atoms with E-state index in [0.29, 0.717) is 33.9 Å². The molecular formula is C29H38Cl2N8O3S. The van der Waals surface area contributed by atoms with Crippen LogP contribution in [-0.4, -0.2) is 93.9 Å². The van der Waals surface area contributed by atoms with Crippen molar-refractivity contribution in [3.63, 3.8) is 0 Å². The molecule has 0 amide bonds. The largest absolute Gasteiger partial charge is 0.494 e. The van der Waals surface area contributed by atoms with Gasteiger partial charge in [0.1, 0.15) is 10.8 Å². The normalized spacial score (nSPS) is 17.1. The van der Waals surface area contributed by atoms with E-state index in [2.05, 4.69) is 60.1 Å². The minimum atomic E-state index is -3.53. The van der Waals surface area contributed by atoms with Gasteiger partial charge in [0, 0.05) is 62.1 Å². The molecule has 3 N–H and O–H groups in total. The maximum Gasteiger partial charge on any atom is 0.229 e. The van der Waals surface area contributed by atoms with Crippen LogP contribution in [0.5, 0.6) is 5.75 Å². The summed E-state index contributed by atoms with van der Waals surface area (Å²) >= 11 is 12.6. The van der Waals surface area contributed by atoms with Crippen molar-refractivity contribution < 1.29 is 13.2 Å². The first-order valence-electron chi connectivity index (χ1n) is 14.2. The number of ether oxygens (including phenoxy) is 1. The molecular weight excluding hydrogens is 611 g/mol. The van der Waals surface area contributed by atoms with Gasteiger partial charge >= 0.3 is 0 Å². The highest BCUT2D eigenvalue weighted by atomic mass is 35.5. The predicted molar refractivity (Wildman–Crippen MR) is 176 cm³/mol. The number of likely N-dealkylation sites (N-methyl/N-ethyl adjacent to an activating group) is 1. The summed E-state index contributed by atoms with van der Waals surface area (Å²) in [4.78, 5) is 16.4. The lowest BCUT2D eigenvalue weighted by molar-refractivity contribution is 0.0982. The number of hydrogen-bond acceptors (Lipinski definition) is 10. The lowest BCUT2D eigenvalue weighted by atomic mass is 10.0. The van der Waals surface area contributed by atoms with E-state index in [4.69, 9.17) is 27.9 Å². The third kappa shape index (κ3) is 7.93. The highest BCUT2D eigenvalue weighted by Gasteiger charge is 2.27. The van der Waals surface area contributed by atoms with E-state index in [-0.39, 0.29) is 16.8 Å². The van der Waals surface area contributed by atoms with Gasteiger partial charge in [-0.2, -0.15) is 4.98 Å². The fourth-order valence-corrected chi connectivity index (χ4v) is 6.50. The van der Waals surface area contributed by atoms with Crippen molar-refractivity contribution in [2.75, 3.05) is 79.9 Å². The quantitative estimate of drug-likeness (QED) is 0.287. The monoisotopic (exact) mass is 648 g/mol. The van der Waals surface area contributed by atoms with Gasteiger partial charge in [0.2, 0.25) is 16.0 Å². The zero-order valence-corrected chi connectivity index (χ0v) is 27.2. The van der Waals surface area contributed by atoms with E-state index in [9.17, 15) is 8.42 Å². The molecule has 0 unspecified atom stereocenters. The van der Waals surface area contributed by atoms with Crippen LogP contribution in [0.4, 0.5) is 34.5 Å². The summed E-state index contributed by atoms with van der Waals surface area (Å²) in [5, 5.41) is 6.98. The van der Waals surface area contributed by atoms with Crippen LogP contribution in [0, 0.1) is 6.92 Å². The predicted octanol–water partition coefficient (Wildman–Crippen LogP) is 5.18. The molecule has 0 bridgehead atoms. The zero-order valence-electron chi connectivity index (χ0n) is 24.8. The number of sulfonamides is 1. The molecule has 3 aromatic rings. The molecule has 0 saturated carbocycles. The van der Waals surface area contributed by atoms with Gasteiger partial charge in [-0.3, -0.25) is 9.62 Å². The molecule has 1 aromatic heterocycles. The fourth-order valence-electron chi connectivity index (χ4n) is 5.62. The Kier molecular flexibility index (Phi) is 9.72. The van der Waals surface area contributed by atoms with E-state index >= 15 is 0 Å². The van der Waals surface area contributed by atoms with E-state index < -0.39 is 10.0 Å². The van der Waals surface area contributed by atoms with Crippen molar-refractivity contribution in [1.29, 1.82) is 0 Å². The summed E-state index contributed by atoms with van der Waals surface area (Å²) in [7, 11) is 0.310. The van der Waals surface area contributed by atoms with E-state index in [0.717, 1.165) is 69.6 Å². The van der Waals surface area contributed by atoms with Gasteiger partial charge in [0.15, 0.2) is 5.82 Å². The average Bonchev–Trinajstić information content (AvgIpc) is 2.96. The molecule has 0 atom stereocenters. The second-order valence-corrected chi connectivity index (χ2v) is 13.7. The van der Waals surface area contributed by atoms with Gasteiger partial charge in [-0.25, -0.2) is 13.4 Å². The third-order valence-electron chi connectivity index (χ3n) is 7.90. The van der Waals surface area contributed by atoms with Crippen LogP contribution >= 0.6 is 23.2 Å². The summed E-state index contributed by atoms with van der Waals surface area (Å²) < 4.78 is 32.0. The Bertz CT molecular complexity index is 1560. The molecule has 43 heavy (non-hydrogen) atoms. The lowest BCUT2D eigenvalue weighted by Gasteiger charge is -2.43. The molecule has 11 nitrogen and oxygen atoms in total. The van der Waals surface area contributed by atoms with Gasteiger partial charge in [0.25, 0.3) is 0 Å². The lowest BCUT2D eigenvalue weighted by Crippen LogP contribution is -2.52. The Labute approximate surface area is 263 Å². The van der Waals surface area contributed by atoms with Crippen molar-refractivity contribution >= 4 is 67.7 Å². The van der Waals surface area contributed by atoms with E-state index in [1.54, 1.807) is 25.3 Å². The smallest absolute Gasteiger partial charge is 0.229 e. The number of aryl methyl sites for hydroxylation is 1. The van der Waals surface area contributed by atoms with Gasteiger partial charge in [-0.05, 0) is 56.6 Å². The van der Waals surface area contributed by atoms with Crippen LogP contribution in [0.25, 0.3) is 0 Å². The first kappa shape index (κ1) is 31.4. The number of nitrogens with zero attached hydrogens (tertiary/aromatic N) is 5. The number of benzene rings is 2. The minimum Gasteiger partial charge on any atom is -0.494 e. The van der Waals surface area contributed by atoms with Crippen LogP contribution < -0.4 is 25.0 Å². The topological polar surface area (TPSA) is 115 Å². The van der Waals surface area contributed by atoms with Crippen LogP contribution in [0.2, 0.25) is 10.0 Å². The van der Waals surface area contributed by atoms with Gasteiger partial charge in [-0.15, -0.1) is 0 Å². The van der Waals surface area contributed by atoms with Crippen molar-refractivity contribution in [1.82, 2.24) is 19.8 Å². The summed E-state index contributed by atoms with van der Waals surface area (Å²) in [5.74, 6) is 1.22. The van der Waals surface area contributed by atoms with Gasteiger partial charge < -0.3 is 25.2 Å². The Morgan fingerprint density at radius 3 is 2.35 bits per heavy atom. The van der Waals surface area contributed by atoms with Crippen LogP contribution in [-0.2, 0) is 10.0 Å². The van der Waals surface area contributed by atoms with Crippen molar-refractivity contribution in [3.05, 3.63) is 52.1 Å². The van der Waals surface area contributed by atoms with Gasteiger partial charge in [0.05, 0.1) is 36.6 Å². The zero-order chi connectivity index (χ0) is 30.7. The summed E-state index contributed by atoms with van der Waals surface area (Å²) in [6, 6.07) is 9.48. The molecule has 14 heteroatoms. The molecule has 232 valence electrons. The Morgan fingerprint density at radius 2 is 1.67 bits per heavy atom. The summed E-state index contributed by atoms with van der Waals surface area (Å²) in [5.41, 5.74) is 3.68. The Hall–Kier alpha value is -3.03. The average molecular weight is 650 g/mol. The minimum absolute atomic E-state index is 0.245. The highest BCUT2D eigenvalue weighted by Crippen LogP contribution is 2.37. The Balaban J connectivity index is 1.31. The molecule has 0 radical (unpaired) electrons. The van der Waals surface area contributed by atoms with E-state index in [1.807, 2.05) is 6.07 Å². The molecule has 3 heterocycles. The third-order valence-corrected chi connectivity index (χ3v) is 9.00. The van der Waals surface area contributed by atoms with Gasteiger partial charge in [-0.1, -0.05) is 23.2 Å². The second kappa shape index (κ2) is 13.3. The number of halogens is 2. The standard InChI is InChI=1S/C29H38Cl2N8O3S/c1-19-15-25(27(42-3)17-26(19)39-9-7-21(8-10-39)38-13-11-37(2)12-14-38)34-29-32-18-22(31)28(35-29)33-24-16-20(30)5-6-23(24)36-43(4,40)41/h5-6,15-18,21,36H,7-14H2,1-4H3,(H2,32,33,34,35). The maximum atomic E-state index is 11.9. The summed E-state index contributed by atoms with van der Waals surface area (Å²) in [6.07, 6.45) is 4.83. The summed E-state index contributed by atoms with van der Waals surface area (Å²) in [6.45, 7) is 8.68. The number of methoxy groups -OCH3 is 1. The molecule has 2 saturated heterocycles. The van der Waals surface area contributed by atoms with Crippen molar-refractivity contribution in [2.24, 2.45) is 0 Å². The molecule has 2 fully saturated rings. The van der Waals surface area contributed by atoms with Crippen LogP contribution in [0.3, 0.4) is 0 Å². The van der Waals surface area contributed by atoms with Crippen LogP contribution in [0.1, 0.15) is 18.4 Å². The number of aromatic nitrogens is 2. The molecule has 2 aliphatic heterocycles. The van der Waals surface area contributed by atoms with Crippen molar-refractivity contribution in [3.8, 4) is 5.75 Å². The first-order valence-corrected chi connectivity index (χ1v) is 16.8.